The predicted octanol–water partition coefficient (Wildman–Crippen LogP) is 1.12. The molecule has 2 saturated heterocycles. The molecule has 0 aromatic rings. The van der Waals surface area contributed by atoms with Crippen molar-refractivity contribution in [2.75, 3.05) is 19.6 Å². The van der Waals surface area contributed by atoms with Crippen molar-refractivity contribution in [1.82, 2.24) is 15.5 Å². The Morgan fingerprint density at radius 2 is 2.06 bits per heavy atom. The summed E-state index contributed by atoms with van der Waals surface area (Å²) in [6.07, 6.45) is 5.22. The second-order valence-corrected chi connectivity index (χ2v) is 5.97. The molecule has 1 atom stereocenters. The van der Waals surface area contributed by atoms with Gasteiger partial charge in [-0.05, 0) is 46.1 Å². The Morgan fingerprint density at radius 3 is 2.61 bits per heavy atom. The Hall–Kier alpha value is -0.610. The number of hydrogen-bond acceptors (Lipinski definition) is 3. The summed E-state index contributed by atoms with van der Waals surface area (Å²) in [5, 5.41) is 6.58. The zero-order valence-electron chi connectivity index (χ0n) is 11.7. The first-order valence-corrected chi connectivity index (χ1v) is 7.42. The largest absolute Gasteiger partial charge is 0.353 e. The number of carbonyl (C=O) groups is 1. The second-order valence-electron chi connectivity index (χ2n) is 5.97. The van der Waals surface area contributed by atoms with Gasteiger partial charge in [0.05, 0.1) is 0 Å². The highest BCUT2D eigenvalue weighted by atomic mass is 16.1. The topological polar surface area (TPSA) is 44.4 Å². The van der Waals surface area contributed by atoms with E-state index < -0.39 is 0 Å². The molecular formula is C14H27N3O. The summed E-state index contributed by atoms with van der Waals surface area (Å²) >= 11 is 0. The summed E-state index contributed by atoms with van der Waals surface area (Å²) in [4.78, 5) is 14.4. The second kappa shape index (κ2) is 6.53. The molecule has 0 aromatic heterocycles. The van der Waals surface area contributed by atoms with Gasteiger partial charge in [0.2, 0.25) is 5.91 Å². The molecule has 0 aliphatic carbocycles. The smallest absolute Gasteiger partial charge is 0.221 e. The number of piperidine rings is 1. The first kappa shape index (κ1) is 13.8. The van der Waals surface area contributed by atoms with Gasteiger partial charge in [0.25, 0.3) is 0 Å². The molecule has 2 N–H and O–H groups in total. The van der Waals surface area contributed by atoms with E-state index in [1.807, 2.05) is 0 Å². The van der Waals surface area contributed by atoms with Crippen LogP contribution in [0.15, 0.2) is 0 Å². The normalized spacial score (nSPS) is 26.7. The van der Waals surface area contributed by atoms with E-state index in [0.29, 0.717) is 24.5 Å². The molecule has 2 heterocycles. The van der Waals surface area contributed by atoms with Gasteiger partial charge in [0, 0.05) is 37.6 Å². The lowest BCUT2D eigenvalue weighted by Crippen LogP contribution is -2.47. The Bertz CT molecular complexity index is 266. The van der Waals surface area contributed by atoms with Crippen LogP contribution < -0.4 is 10.6 Å². The summed E-state index contributed by atoms with van der Waals surface area (Å²) in [6, 6.07) is 1.44. The summed E-state index contributed by atoms with van der Waals surface area (Å²) in [7, 11) is 0. The fraction of sp³-hybridized carbons (Fsp3) is 0.929. The molecule has 2 rings (SSSR count). The summed E-state index contributed by atoms with van der Waals surface area (Å²) in [5.41, 5.74) is 0. The van der Waals surface area contributed by atoms with Gasteiger partial charge in [-0.25, -0.2) is 0 Å². The average molecular weight is 253 g/mol. The van der Waals surface area contributed by atoms with E-state index in [0.717, 1.165) is 38.9 Å². The molecule has 104 valence electrons. The van der Waals surface area contributed by atoms with Crippen molar-refractivity contribution in [3.63, 3.8) is 0 Å². The van der Waals surface area contributed by atoms with Gasteiger partial charge in [-0.1, -0.05) is 0 Å². The van der Waals surface area contributed by atoms with Crippen LogP contribution in [0.2, 0.25) is 0 Å². The third kappa shape index (κ3) is 3.95. The predicted molar refractivity (Wildman–Crippen MR) is 73.5 cm³/mol. The molecule has 2 fully saturated rings. The van der Waals surface area contributed by atoms with Gasteiger partial charge in [-0.15, -0.1) is 0 Å². The lowest BCUT2D eigenvalue weighted by molar-refractivity contribution is -0.122. The molecule has 1 amide bonds. The number of hydrogen-bond donors (Lipinski definition) is 2. The maximum Gasteiger partial charge on any atom is 0.221 e. The molecule has 0 saturated carbocycles. The molecule has 0 bridgehead atoms. The Balaban J connectivity index is 1.66. The number of rotatable bonds is 4. The van der Waals surface area contributed by atoms with Gasteiger partial charge < -0.3 is 15.5 Å². The zero-order valence-corrected chi connectivity index (χ0v) is 11.7. The highest BCUT2D eigenvalue weighted by Crippen LogP contribution is 2.14. The maximum atomic E-state index is 11.9. The molecule has 4 nitrogen and oxygen atoms in total. The zero-order chi connectivity index (χ0) is 13.0. The molecule has 4 heteroatoms. The van der Waals surface area contributed by atoms with Gasteiger partial charge in [-0.3, -0.25) is 4.79 Å². The van der Waals surface area contributed by atoms with E-state index in [1.165, 1.54) is 6.42 Å². The lowest BCUT2D eigenvalue weighted by atomic mass is 10.0. The van der Waals surface area contributed by atoms with Gasteiger partial charge in [0.15, 0.2) is 0 Å². The van der Waals surface area contributed by atoms with Crippen LogP contribution in [0.4, 0.5) is 0 Å². The maximum absolute atomic E-state index is 11.9. The van der Waals surface area contributed by atoms with Crippen molar-refractivity contribution >= 4 is 5.91 Å². The van der Waals surface area contributed by atoms with Crippen molar-refractivity contribution in [3.8, 4) is 0 Å². The van der Waals surface area contributed by atoms with E-state index in [-0.39, 0.29) is 5.91 Å². The molecule has 0 aromatic carbocycles. The van der Waals surface area contributed by atoms with Crippen molar-refractivity contribution in [1.29, 1.82) is 0 Å². The highest BCUT2D eigenvalue weighted by molar-refractivity contribution is 5.76. The van der Waals surface area contributed by atoms with Crippen LogP contribution >= 0.6 is 0 Å². The minimum Gasteiger partial charge on any atom is -0.353 e. The van der Waals surface area contributed by atoms with Crippen LogP contribution in [0, 0.1) is 0 Å². The van der Waals surface area contributed by atoms with Gasteiger partial charge >= 0.3 is 0 Å². The minimum atomic E-state index is 0.234. The third-order valence-corrected chi connectivity index (χ3v) is 4.22. The van der Waals surface area contributed by atoms with E-state index in [9.17, 15) is 4.79 Å². The van der Waals surface area contributed by atoms with Crippen LogP contribution in [0.25, 0.3) is 0 Å². The van der Waals surface area contributed by atoms with Crippen molar-refractivity contribution in [3.05, 3.63) is 0 Å². The first-order valence-electron chi connectivity index (χ1n) is 7.42. The van der Waals surface area contributed by atoms with Crippen molar-refractivity contribution in [2.45, 2.75) is 64.1 Å². The van der Waals surface area contributed by atoms with Gasteiger partial charge in [0.1, 0.15) is 0 Å². The minimum absolute atomic E-state index is 0.234. The van der Waals surface area contributed by atoms with Crippen LogP contribution in [0.5, 0.6) is 0 Å². The van der Waals surface area contributed by atoms with Crippen LogP contribution in [-0.2, 0) is 4.79 Å². The SMILES string of the molecule is CC(C)N1CCC(NC(=O)CC2CCCN2)CC1. The number of carbonyl (C=O) groups excluding carboxylic acids is 1. The van der Waals surface area contributed by atoms with E-state index in [4.69, 9.17) is 0 Å². The van der Waals surface area contributed by atoms with E-state index in [1.54, 1.807) is 0 Å². The summed E-state index contributed by atoms with van der Waals surface area (Å²) < 4.78 is 0. The Morgan fingerprint density at radius 1 is 1.33 bits per heavy atom. The van der Waals surface area contributed by atoms with E-state index in [2.05, 4.69) is 29.4 Å². The fourth-order valence-corrected chi connectivity index (χ4v) is 3.00. The van der Waals surface area contributed by atoms with Crippen molar-refractivity contribution < 1.29 is 4.79 Å². The highest BCUT2D eigenvalue weighted by Gasteiger charge is 2.23. The number of amides is 1. The monoisotopic (exact) mass is 253 g/mol. The number of nitrogens with zero attached hydrogens (tertiary/aromatic N) is 1. The van der Waals surface area contributed by atoms with Crippen LogP contribution in [0.3, 0.4) is 0 Å². The Labute approximate surface area is 110 Å². The number of nitrogens with one attached hydrogen (secondary N) is 2. The Kier molecular flexibility index (Phi) is 5.01. The first-order chi connectivity index (χ1) is 8.65. The molecule has 1 unspecified atom stereocenters. The molecule has 2 aliphatic rings. The van der Waals surface area contributed by atoms with Crippen molar-refractivity contribution in [2.24, 2.45) is 0 Å². The van der Waals surface area contributed by atoms with Gasteiger partial charge in [-0.2, -0.15) is 0 Å². The van der Waals surface area contributed by atoms with Crippen LogP contribution in [-0.4, -0.2) is 48.6 Å². The summed E-state index contributed by atoms with van der Waals surface area (Å²) in [5.74, 6) is 0.234. The molecular weight excluding hydrogens is 226 g/mol. The standard InChI is InChI=1S/C14H27N3O/c1-11(2)17-8-5-12(6-9-17)16-14(18)10-13-4-3-7-15-13/h11-13,15H,3-10H2,1-2H3,(H,16,18). The van der Waals surface area contributed by atoms with Crippen LogP contribution in [0.1, 0.15) is 46.0 Å². The average Bonchev–Trinajstić information content (AvgIpc) is 2.82. The quantitative estimate of drug-likeness (QED) is 0.789. The lowest BCUT2D eigenvalue weighted by Gasteiger charge is -2.35. The fourth-order valence-electron chi connectivity index (χ4n) is 3.00. The third-order valence-electron chi connectivity index (χ3n) is 4.22. The van der Waals surface area contributed by atoms with E-state index >= 15 is 0 Å². The number of likely N-dealkylation sites (tertiary alicyclic amines) is 1. The molecule has 2 aliphatic heterocycles. The molecule has 18 heavy (non-hydrogen) atoms. The molecule has 0 spiro atoms. The molecule has 0 radical (unpaired) electrons. The summed E-state index contributed by atoms with van der Waals surface area (Å²) in [6.45, 7) is 7.79.